The minimum absolute atomic E-state index is 1.27. The molecular weight excluding hydrogens is 344 g/mol. The standard InChI is InChI=1S/C24H40N4/c1-19-20(2)24(18-28-14-8-26(9-15-28)10-16-28)22(4)21(3)23(19)17-27-11-5-25(6-12-27)7-13-27/h5-18H2,1-4H3/q+2. The molecule has 6 aliphatic rings. The number of fused-ring (bicyclic) bond motifs is 6. The van der Waals surface area contributed by atoms with Gasteiger partial charge in [-0.1, -0.05) is 0 Å². The Labute approximate surface area is 171 Å². The smallest absolute Gasteiger partial charge is 0.105 e. The minimum atomic E-state index is 1.27. The van der Waals surface area contributed by atoms with Crippen LogP contribution >= 0.6 is 0 Å². The third-order valence-corrected chi connectivity index (χ3v) is 9.27. The molecule has 0 saturated carbocycles. The Kier molecular flexibility index (Phi) is 4.63. The van der Waals surface area contributed by atoms with E-state index in [1.165, 1.54) is 101 Å². The maximum Gasteiger partial charge on any atom is 0.105 e. The number of rotatable bonds is 4. The highest BCUT2D eigenvalue weighted by molar-refractivity contribution is 5.49. The first-order chi connectivity index (χ1) is 13.4. The van der Waals surface area contributed by atoms with Gasteiger partial charge in [-0.2, -0.15) is 0 Å². The molecule has 7 rings (SSSR count). The van der Waals surface area contributed by atoms with Gasteiger partial charge in [-0.25, -0.2) is 0 Å². The van der Waals surface area contributed by atoms with E-state index in [0.29, 0.717) is 0 Å². The quantitative estimate of drug-likeness (QED) is 0.735. The molecule has 1 aromatic rings. The molecule has 0 aliphatic carbocycles. The van der Waals surface area contributed by atoms with Gasteiger partial charge in [-0.15, -0.1) is 0 Å². The maximum atomic E-state index is 2.66. The molecule has 0 radical (unpaired) electrons. The van der Waals surface area contributed by atoms with Crippen molar-refractivity contribution in [3.8, 4) is 0 Å². The molecule has 0 aromatic heterocycles. The lowest BCUT2D eigenvalue weighted by molar-refractivity contribution is -0.953. The first-order valence-electron chi connectivity index (χ1n) is 11.6. The van der Waals surface area contributed by atoms with Crippen LogP contribution in [-0.4, -0.2) is 97.3 Å². The fourth-order valence-corrected chi connectivity index (χ4v) is 6.55. The van der Waals surface area contributed by atoms with E-state index in [1.807, 2.05) is 0 Å². The summed E-state index contributed by atoms with van der Waals surface area (Å²) in [6, 6.07) is 0. The summed E-state index contributed by atoms with van der Waals surface area (Å²) in [6.07, 6.45) is 0. The molecule has 4 bridgehead atoms. The van der Waals surface area contributed by atoms with Gasteiger partial charge in [0, 0.05) is 50.4 Å². The average molecular weight is 385 g/mol. The van der Waals surface area contributed by atoms with Gasteiger partial charge in [0.25, 0.3) is 0 Å². The third-order valence-electron chi connectivity index (χ3n) is 9.27. The Hall–Kier alpha value is -0.940. The maximum absolute atomic E-state index is 2.66. The zero-order valence-corrected chi connectivity index (χ0v) is 18.7. The van der Waals surface area contributed by atoms with Gasteiger partial charge in [0.05, 0.1) is 39.3 Å². The normalized spacial score (nSPS) is 36.9. The molecule has 28 heavy (non-hydrogen) atoms. The second-order valence-electron chi connectivity index (χ2n) is 10.5. The molecule has 4 heteroatoms. The van der Waals surface area contributed by atoms with E-state index in [-0.39, 0.29) is 0 Å². The minimum Gasteiger partial charge on any atom is -0.317 e. The highest BCUT2D eigenvalue weighted by Gasteiger charge is 2.41. The fraction of sp³-hybridized carbons (Fsp3) is 0.750. The second kappa shape index (κ2) is 6.80. The predicted octanol–water partition coefficient (Wildman–Crippen LogP) is 2.21. The van der Waals surface area contributed by atoms with Crippen molar-refractivity contribution in [2.24, 2.45) is 0 Å². The van der Waals surface area contributed by atoms with Gasteiger partial charge >= 0.3 is 0 Å². The van der Waals surface area contributed by atoms with Gasteiger partial charge in [0.1, 0.15) is 13.1 Å². The zero-order chi connectivity index (χ0) is 19.5. The monoisotopic (exact) mass is 384 g/mol. The SMILES string of the molecule is Cc1c(C)c(C[N+]23CCN(CC2)CC3)c(C)c(C)c1C[N+]12CCN(CC1)CC2. The van der Waals surface area contributed by atoms with Crippen LogP contribution in [0.5, 0.6) is 0 Å². The van der Waals surface area contributed by atoms with Crippen LogP contribution in [-0.2, 0) is 13.1 Å². The van der Waals surface area contributed by atoms with Gasteiger partial charge in [-0.3, -0.25) is 9.80 Å². The van der Waals surface area contributed by atoms with Gasteiger partial charge in [-0.05, 0) is 49.9 Å². The first kappa shape index (κ1) is 19.0. The van der Waals surface area contributed by atoms with Crippen molar-refractivity contribution < 1.29 is 8.97 Å². The molecule has 0 unspecified atom stereocenters. The number of quaternary nitrogens is 2. The summed E-state index contributed by atoms with van der Waals surface area (Å²) in [5.41, 5.74) is 9.77. The van der Waals surface area contributed by atoms with Gasteiger partial charge in [0.15, 0.2) is 0 Å². The summed E-state index contributed by atoms with van der Waals surface area (Å²) in [6.45, 7) is 28.2. The van der Waals surface area contributed by atoms with E-state index < -0.39 is 0 Å². The summed E-state index contributed by atoms with van der Waals surface area (Å²) in [5, 5.41) is 0. The molecule has 0 amide bonds. The van der Waals surface area contributed by atoms with Crippen molar-refractivity contribution in [3.63, 3.8) is 0 Å². The Morgan fingerprint density at radius 1 is 0.500 bits per heavy atom. The second-order valence-corrected chi connectivity index (χ2v) is 10.5. The highest BCUT2D eigenvalue weighted by atomic mass is 15.5. The van der Waals surface area contributed by atoms with Crippen LogP contribution in [0.4, 0.5) is 0 Å². The average Bonchev–Trinajstić information content (AvgIpc) is 2.75. The van der Waals surface area contributed by atoms with Crippen molar-refractivity contribution in [2.75, 3.05) is 78.5 Å². The summed E-state index contributed by atoms with van der Waals surface area (Å²) in [4.78, 5) is 5.32. The first-order valence-corrected chi connectivity index (χ1v) is 11.6. The molecule has 6 saturated heterocycles. The van der Waals surface area contributed by atoms with Crippen molar-refractivity contribution in [2.45, 2.75) is 40.8 Å². The topological polar surface area (TPSA) is 6.48 Å². The van der Waals surface area contributed by atoms with E-state index in [2.05, 4.69) is 37.5 Å². The van der Waals surface area contributed by atoms with Crippen molar-refractivity contribution in [1.29, 1.82) is 0 Å². The van der Waals surface area contributed by atoms with E-state index in [0.717, 1.165) is 0 Å². The number of benzene rings is 1. The molecule has 0 atom stereocenters. The highest BCUT2D eigenvalue weighted by Crippen LogP contribution is 2.34. The summed E-state index contributed by atoms with van der Waals surface area (Å²) < 4.78 is 2.68. The predicted molar refractivity (Wildman–Crippen MR) is 115 cm³/mol. The number of hydrogen-bond acceptors (Lipinski definition) is 2. The molecule has 154 valence electrons. The zero-order valence-electron chi connectivity index (χ0n) is 18.7. The summed E-state index contributed by atoms with van der Waals surface area (Å²) in [5.74, 6) is 0. The van der Waals surface area contributed by atoms with Crippen molar-refractivity contribution in [3.05, 3.63) is 33.4 Å². The Bertz CT molecular complexity index is 646. The molecule has 0 spiro atoms. The third kappa shape index (κ3) is 3.04. The number of hydrogen-bond donors (Lipinski definition) is 0. The van der Waals surface area contributed by atoms with E-state index in [1.54, 1.807) is 33.4 Å². The molecule has 6 fully saturated rings. The van der Waals surface area contributed by atoms with Crippen LogP contribution in [0.3, 0.4) is 0 Å². The van der Waals surface area contributed by atoms with Crippen molar-refractivity contribution in [1.82, 2.24) is 9.80 Å². The van der Waals surface area contributed by atoms with Crippen LogP contribution < -0.4 is 0 Å². The molecule has 6 aliphatic heterocycles. The lowest BCUT2D eigenvalue weighted by atomic mass is 9.87. The van der Waals surface area contributed by atoms with Gasteiger partial charge in [0.2, 0.25) is 0 Å². The molecule has 1 aromatic carbocycles. The van der Waals surface area contributed by atoms with Crippen molar-refractivity contribution >= 4 is 0 Å². The summed E-state index contributed by atoms with van der Waals surface area (Å²) in [7, 11) is 0. The molecule has 4 nitrogen and oxygen atoms in total. The number of piperazine rings is 6. The van der Waals surface area contributed by atoms with E-state index >= 15 is 0 Å². The Balaban J connectivity index is 1.46. The van der Waals surface area contributed by atoms with Crippen LogP contribution in [0.25, 0.3) is 0 Å². The van der Waals surface area contributed by atoms with Crippen LogP contribution in [0, 0.1) is 27.7 Å². The van der Waals surface area contributed by atoms with Crippen LogP contribution in [0.1, 0.15) is 33.4 Å². The van der Waals surface area contributed by atoms with E-state index in [9.17, 15) is 0 Å². The Morgan fingerprint density at radius 2 is 0.750 bits per heavy atom. The lowest BCUT2D eigenvalue weighted by Crippen LogP contribution is -2.66. The summed E-state index contributed by atoms with van der Waals surface area (Å²) >= 11 is 0. The Morgan fingerprint density at radius 3 is 1.00 bits per heavy atom. The van der Waals surface area contributed by atoms with Crippen LogP contribution in [0.2, 0.25) is 0 Å². The van der Waals surface area contributed by atoms with E-state index in [4.69, 9.17) is 0 Å². The van der Waals surface area contributed by atoms with Crippen LogP contribution in [0.15, 0.2) is 0 Å². The molecular formula is C24H40N4+2. The largest absolute Gasteiger partial charge is 0.317 e. The number of nitrogens with zero attached hydrogens (tertiary/aromatic N) is 4. The molecule has 0 N–H and O–H groups in total. The molecule has 6 heterocycles. The lowest BCUT2D eigenvalue weighted by Gasteiger charge is -2.51. The van der Waals surface area contributed by atoms with Gasteiger partial charge < -0.3 is 8.97 Å². The fourth-order valence-electron chi connectivity index (χ4n) is 6.55.